The second-order valence-corrected chi connectivity index (χ2v) is 6.89. The fourth-order valence-corrected chi connectivity index (χ4v) is 3.78. The van der Waals surface area contributed by atoms with Gasteiger partial charge in [-0.2, -0.15) is 8.42 Å². The van der Waals surface area contributed by atoms with Crippen LogP contribution in [-0.4, -0.2) is 38.3 Å². The number of hydrogen-bond donors (Lipinski definition) is 2. The molecule has 2 heterocycles. The Morgan fingerprint density at radius 2 is 2.05 bits per heavy atom. The molecule has 0 unspecified atom stereocenters. The number of likely N-dealkylation sites (tertiary alicyclic amines) is 1. The van der Waals surface area contributed by atoms with E-state index in [-0.39, 0.29) is 22.7 Å². The molecule has 7 nitrogen and oxygen atoms in total. The summed E-state index contributed by atoms with van der Waals surface area (Å²) in [5.74, 6) is -0.975. The van der Waals surface area contributed by atoms with Crippen molar-refractivity contribution in [2.75, 3.05) is 18.4 Å². The molecular weight excluding hydrogens is 311 g/mol. The Hall–Kier alpha value is -2.16. The molecule has 3 N–H and O–H groups in total. The predicted octanol–water partition coefficient (Wildman–Crippen LogP) is 0.493. The zero-order valence-electron chi connectivity index (χ0n) is 11.6. The maximum Gasteiger partial charge on any atom is 0.287 e. The van der Waals surface area contributed by atoms with Crippen molar-refractivity contribution in [3.63, 3.8) is 0 Å². The third kappa shape index (κ3) is 2.63. The minimum atomic E-state index is -3.94. The summed E-state index contributed by atoms with van der Waals surface area (Å²) in [6.45, 7) is 0.955. The molecule has 2 aliphatic rings. The third-order valence-corrected chi connectivity index (χ3v) is 5.18. The van der Waals surface area contributed by atoms with E-state index in [1.165, 1.54) is 12.1 Å². The van der Waals surface area contributed by atoms with Crippen LogP contribution in [0.15, 0.2) is 27.5 Å². The maximum absolute atomic E-state index is 13.2. The number of halogens is 1. The van der Waals surface area contributed by atoms with Crippen LogP contribution < -0.4 is 11.1 Å². The van der Waals surface area contributed by atoms with Crippen LogP contribution in [0.4, 0.5) is 10.1 Å². The molecule has 1 amide bonds. The van der Waals surface area contributed by atoms with Gasteiger partial charge in [0, 0.05) is 19.0 Å². The van der Waals surface area contributed by atoms with E-state index < -0.39 is 15.8 Å². The number of sulfonamides is 1. The first-order valence-corrected chi connectivity index (χ1v) is 8.26. The van der Waals surface area contributed by atoms with Crippen molar-refractivity contribution < 1.29 is 17.6 Å². The Kier molecular flexibility index (Phi) is 3.51. The Labute approximate surface area is 127 Å². The first-order valence-electron chi connectivity index (χ1n) is 6.82. The summed E-state index contributed by atoms with van der Waals surface area (Å²) in [4.78, 5) is 12.7. The second kappa shape index (κ2) is 5.24. The summed E-state index contributed by atoms with van der Waals surface area (Å²) in [5.41, 5.74) is 5.57. The summed E-state index contributed by atoms with van der Waals surface area (Å²) < 4.78 is 41.2. The second-order valence-electron chi connectivity index (χ2n) is 5.32. The van der Waals surface area contributed by atoms with Crippen LogP contribution in [0.25, 0.3) is 0 Å². The first-order chi connectivity index (χ1) is 10.4. The molecule has 0 bridgehead atoms. The molecule has 0 radical (unpaired) electrons. The van der Waals surface area contributed by atoms with E-state index in [0.29, 0.717) is 31.6 Å². The van der Waals surface area contributed by atoms with E-state index >= 15 is 0 Å². The molecule has 1 aromatic rings. The van der Waals surface area contributed by atoms with E-state index in [9.17, 15) is 17.6 Å². The monoisotopic (exact) mass is 326 g/mol. The van der Waals surface area contributed by atoms with Crippen LogP contribution in [-0.2, 0) is 14.8 Å². The number of carbonyl (C=O) groups is 1. The van der Waals surface area contributed by atoms with Crippen LogP contribution in [0, 0.1) is 11.7 Å². The smallest absolute Gasteiger partial charge is 0.287 e. The summed E-state index contributed by atoms with van der Waals surface area (Å²) in [6, 6.07) is 3.49. The quantitative estimate of drug-likeness (QED) is 0.781. The number of nitrogens with one attached hydrogen (secondary N) is 1. The summed E-state index contributed by atoms with van der Waals surface area (Å²) >= 11 is 0. The lowest BCUT2D eigenvalue weighted by Crippen LogP contribution is -2.45. The molecule has 0 spiro atoms. The normalized spacial score (nSPS) is 20.8. The topological polar surface area (TPSA) is 105 Å². The van der Waals surface area contributed by atoms with Gasteiger partial charge in [-0.25, -0.2) is 4.39 Å². The highest BCUT2D eigenvalue weighted by molar-refractivity contribution is 7.90. The molecule has 1 saturated heterocycles. The lowest BCUT2D eigenvalue weighted by Gasteiger charge is -2.34. The van der Waals surface area contributed by atoms with Crippen LogP contribution in [0.5, 0.6) is 0 Å². The van der Waals surface area contributed by atoms with E-state index in [1.54, 1.807) is 4.90 Å². The molecule has 118 valence electrons. The number of anilines is 1. The number of primary amides is 1. The largest absolute Gasteiger partial charge is 0.369 e. The SMILES string of the molecule is NC(=O)C1CCN(C2=NS(=O)(=O)c3cc(F)ccc3N2)CC1. The van der Waals surface area contributed by atoms with E-state index in [0.717, 1.165) is 6.07 Å². The summed E-state index contributed by atoms with van der Waals surface area (Å²) in [5, 5.41) is 2.91. The van der Waals surface area contributed by atoms with Crippen molar-refractivity contribution in [1.82, 2.24) is 4.90 Å². The van der Waals surface area contributed by atoms with Gasteiger partial charge in [-0.15, -0.1) is 4.40 Å². The van der Waals surface area contributed by atoms with Crippen molar-refractivity contribution >= 4 is 27.6 Å². The van der Waals surface area contributed by atoms with Gasteiger partial charge in [-0.1, -0.05) is 0 Å². The number of hydrogen-bond acceptors (Lipinski definition) is 5. The number of carbonyl (C=O) groups excluding carboxylic acids is 1. The molecule has 0 atom stereocenters. The van der Waals surface area contributed by atoms with Crippen molar-refractivity contribution in [3.05, 3.63) is 24.0 Å². The van der Waals surface area contributed by atoms with Gasteiger partial charge < -0.3 is 16.0 Å². The Morgan fingerprint density at radius 3 is 2.68 bits per heavy atom. The van der Waals surface area contributed by atoms with Crippen LogP contribution in [0.2, 0.25) is 0 Å². The highest BCUT2D eigenvalue weighted by Crippen LogP contribution is 2.29. The van der Waals surface area contributed by atoms with E-state index in [1.807, 2.05) is 0 Å². The van der Waals surface area contributed by atoms with Crippen molar-refractivity contribution in [3.8, 4) is 0 Å². The molecule has 0 saturated carbocycles. The van der Waals surface area contributed by atoms with E-state index in [4.69, 9.17) is 5.73 Å². The van der Waals surface area contributed by atoms with Gasteiger partial charge in [0.2, 0.25) is 11.9 Å². The van der Waals surface area contributed by atoms with Gasteiger partial charge in [0.25, 0.3) is 10.0 Å². The molecule has 0 aromatic heterocycles. The Morgan fingerprint density at radius 1 is 1.36 bits per heavy atom. The number of fused-ring (bicyclic) bond motifs is 1. The van der Waals surface area contributed by atoms with Crippen LogP contribution in [0.3, 0.4) is 0 Å². The summed E-state index contributed by atoms with van der Waals surface area (Å²) in [7, 11) is -3.94. The van der Waals surface area contributed by atoms with Gasteiger partial charge in [-0.3, -0.25) is 4.79 Å². The number of nitrogens with zero attached hydrogens (tertiary/aromatic N) is 2. The summed E-state index contributed by atoms with van der Waals surface area (Å²) in [6.07, 6.45) is 1.10. The van der Waals surface area contributed by atoms with Crippen molar-refractivity contribution in [2.24, 2.45) is 16.0 Å². The van der Waals surface area contributed by atoms with E-state index in [2.05, 4.69) is 9.71 Å². The van der Waals surface area contributed by atoms with Gasteiger partial charge in [0.05, 0.1) is 5.69 Å². The molecule has 0 aliphatic carbocycles. The highest BCUT2D eigenvalue weighted by Gasteiger charge is 2.31. The first kappa shape index (κ1) is 14.8. The number of guanidine groups is 1. The lowest BCUT2D eigenvalue weighted by atomic mass is 9.96. The average molecular weight is 326 g/mol. The van der Waals surface area contributed by atoms with Crippen molar-refractivity contribution in [1.29, 1.82) is 0 Å². The lowest BCUT2D eigenvalue weighted by molar-refractivity contribution is -0.122. The van der Waals surface area contributed by atoms with Gasteiger partial charge in [0.1, 0.15) is 10.7 Å². The molecule has 2 aliphatic heterocycles. The minimum absolute atomic E-state index is 0.178. The van der Waals surface area contributed by atoms with Crippen LogP contribution in [0.1, 0.15) is 12.8 Å². The Balaban J connectivity index is 1.85. The standard InChI is InChI=1S/C13H15FN4O3S/c14-9-1-2-10-11(7-9)22(20,21)17-13(16-10)18-5-3-8(4-6-18)12(15)19/h1-2,7-8H,3-6H2,(H2,15,19)(H,16,17). The zero-order valence-corrected chi connectivity index (χ0v) is 12.4. The van der Waals surface area contributed by atoms with Crippen molar-refractivity contribution in [2.45, 2.75) is 17.7 Å². The number of benzene rings is 1. The Bertz CT molecular complexity index is 755. The maximum atomic E-state index is 13.2. The van der Waals surface area contributed by atoms with Gasteiger partial charge in [0.15, 0.2) is 0 Å². The molecule has 1 aromatic carbocycles. The predicted molar refractivity (Wildman–Crippen MR) is 78.1 cm³/mol. The minimum Gasteiger partial charge on any atom is -0.369 e. The number of piperidine rings is 1. The molecule has 9 heteroatoms. The third-order valence-electron chi connectivity index (χ3n) is 3.87. The molecule has 1 fully saturated rings. The number of rotatable bonds is 1. The fraction of sp³-hybridized carbons (Fsp3) is 0.385. The molecular formula is C13H15FN4O3S. The van der Waals surface area contributed by atoms with Crippen LogP contribution >= 0.6 is 0 Å². The van der Waals surface area contributed by atoms with Gasteiger partial charge >= 0.3 is 0 Å². The zero-order chi connectivity index (χ0) is 15.9. The average Bonchev–Trinajstić information content (AvgIpc) is 2.47. The number of amides is 1. The molecule has 3 rings (SSSR count). The van der Waals surface area contributed by atoms with Gasteiger partial charge in [-0.05, 0) is 31.0 Å². The number of nitrogens with two attached hydrogens (primary N) is 1. The molecule has 22 heavy (non-hydrogen) atoms. The highest BCUT2D eigenvalue weighted by atomic mass is 32.2. The fourth-order valence-electron chi connectivity index (χ4n) is 2.63.